The molecule has 3 aliphatic rings. The van der Waals surface area contributed by atoms with Gasteiger partial charge in [-0.05, 0) is 57.5 Å². The maximum atomic E-state index is 13.9. The van der Waals surface area contributed by atoms with E-state index < -0.39 is 5.41 Å². The number of benzene rings is 1. The molecule has 1 N–H and O–H groups in total. The fourth-order valence-corrected chi connectivity index (χ4v) is 6.03. The second-order valence-corrected chi connectivity index (χ2v) is 8.83. The number of nitrogens with one attached hydrogen (secondary N) is 1. The number of para-hydroxylation sites is 1. The molecule has 5 rings (SSSR count). The van der Waals surface area contributed by atoms with E-state index in [9.17, 15) is 9.59 Å². The third kappa shape index (κ3) is 2.47. The zero-order chi connectivity index (χ0) is 21.0. The van der Waals surface area contributed by atoms with Crippen LogP contribution in [0.1, 0.15) is 38.7 Å². The lowest BCUT2D eigenvalue weighted by molar-refractivity contribution is -0.333. The molecule has 0 saturated carbocycles. The predicted molar refractivity (Wildman–Crippen MR) is 119 cm³/mol. The van der Waals surface area contributed by atoms with Gasteiger partial charge in [0, 0.05) is 30.5 Å². The number of aromatic amines is 1. The number of carbonyl (C=O) groups is 2. The number of hydrogen-bond donors (Lipinski definition) is 0. The van der Waals surface area contributed by atoms with E-state index in [4.69, 9.17) is 12.2 Å². The van der Waals surface area contributed by atoms with E-state index in [1.54, 1.807) is 9.80 Å². The minimum absolute atomic E-state index is 0.125. The van der Waals surface area contributed by atoms with Gasteiger partial charge in [-0.2, -0.15) is 0 Å². The average Bonchev–Trinajstić information content (AvgIpc) is 2.77. The van der Waals surface area contributed by atoms with Crippen molar-refractivity contribution in [3.05, 3.63) is 35.9 Å². The molecule has 1 spiro atoms. The topological polar surface area (TPSA) is 58.0 Å². The van der Waals surface area contributed by atoms with Gasteiger partial charge in [0.2, 0.25) is 11.8 Å². The Morgan fingerprint density at radius 1 is 1.10 bits per heavy atom. The number of carbonyl (C=O) groups excluding carboxylic acids is 2. The monoisotopic (exact) mass is 423 g/mol. The lowest BCUT2D eigenvalue weighted by atomic mass is 9.66. The van der Waals surface area contributed by atoms with Crippen molar-refractivity contribution in [2.45, 2.75) is 45.6 Å². The number of aromatic nitrogens is 1. The van der Waals surface area contributed by atoms with Gasteiger partial charge in [-0.25, -0.2) is 4.98 Å². The predicted octanol–water partition coefficient (Wildman–Crippen LogP) is 2.55. The van der Waals surface area contributed by atoms with Gasteiger partial charge in [-0.3, -0.25) is 24.3 Å². The van der Waals surface area contributed by atoms with E-state index in [1.807, 2.05) is 26.0 Å². The molecule has 1 aromatic heterocycles. The van der Waals surface area contributed by atoms with Crippen molar-refractivity contribution >= 4 is 45.9 Å². The molecular weight excluding hydrogens is 396 g/mol. The fraction of sp³-hybridized carbons (Fsp3) is 0.478. The van der Waals surface area contributed by atoms with Crippen molar-refractivity contribution in [3.63, 3.8) is 0 Å². The number of piperidine rings is 1. The maximum Gasteiger partial charge on any atom is 0.278 e. The van der Waals surface area contributed by atoms with Crippen LogP contribution < -0.4 is 9.88 Å². The molecule has 0 radical (unpaired) electrons. The Balaban J connectivity index is 1.73. The van der Waals surface area contributed by atoms with Gasteiger partial charge in [0.25, 0.3) is 5.82 Å². The Labute approximate surface area is 181 Å². The van der Waals surface area contributed by atoms with Crippen LogP contribution in [0.4, 0.5) is 5.82 Å². The SMILES string of the molecule is CCN1C(=O)C2(Cc3cc4ccccc4[nH+]c3N3CCCC[C@H]32)C(=O)N(CC)C1=S. The van der Waals surface area contributed by atoms with Crippen molar-refractivity contribution < 1.29 is 14.6 Å². The van der Waals surface area contributed by atoms with Crippen LogP contribution in [-0.4, -0.2) is 52.4 Å². The molecule has 7 heteroatoms. The zero-order valence-electron chi connectivity index (χ0n) is 17.5. The molecule has 0 bridgehead atoms. The van der Waals surface area contributed by atoms with Gasteiger partial charge in [-0.1, -0.05) is 18.2 Å². The molecule has 2 aromatic rings. The van der Waals surface area contributed by atoms with E-state index in [2.05, 4.69) is 28.1 Å². The van der Waals surface area contributed by atoms with E-state index in [-0.39, 0.29) is 17.9 Å². The number of amides is 2. The van der Waals surface area contributed by atoms with Gasteiger partial charge < -0.3 is 0 Å². The summed E-state index contributed by atoms with van der Waals surface area (Å²) in [7, 11) is 0. The van der Waals surface area contributed by atoms with E-state index in [1.165, 1.54) is 0 Å². The lowest BCUT2D eigenvalue weighted by Crippen LogP contribution is -2.73. The van der Waals surface area contributed by atoms with Crippen LogP contribution in [0.25, 0.3) is 10.9 Å². The highest BCUT2D eigenvalue weighted by molar-refractivity contribution is 7.80. The standard InChI is InChI=1S/C23H26N4O2S/c1-3-25-20(28)23(21(29)26(4-2)22(25)30)14-16-13-15-9-5-6-10-17(15)24-19(16)27-12-8-7-11-18(23)27/h5-6,9-10,13,18H,3-4,7-8,11-12,14H2,1-2H3/p+1/t18-/m0/s1. The van der Waals surface area contributed by atoms with Gasteiger partial charge in [0.05, 0.1) is 6.54 Å². The quantitative estimate of drug-likeness (QED) is 0.550. The van der Waals surface area contributed by atoms with E-state index in [0.717, 1.165) is 48.1 Å². The Hall–Kier alpha value is -2.54. The lowest BCUT2D eigenvalue weighted by Gasteiger charge is -2.52. The molecule has 0 unspecified atom stereocenters. The first-order valence-corrected chi connectivity index (χ1v) is 11.3. The van der Waals surface area contributed by atoms with E-state index >= 15 is 0 Å². The number of nitrogens with zero attached hydrogens (tertiary/aromatic N) is 3. The molecule has 2 saturated heterocycles. The highest BCUT2D eigenvalue weighted by Gasteiger charge is 2.65. The van der Waals surface area contributed by atoms with Crippen molar-refractivity contribution in [3.8, 4) is 0 Å². The summed E-state index contributed by atoms with van der Waals surface area (Å²) in [6, 6.07) is 10.2. The molecule has 0 aliphatic carbocycles. The van der Waals surface area contributed by atoms with Crippen LogP contribution in [0, 0.1) is 5.41 Å². The number of pyridine rings is 1. The zero-order valence-corrected chi connectivity index (χ0v) is 18.3. The molecule has 1 atom stereocenters. The average molecular weight is 424 g/mol. The van der Waals surface area contributed by atoms with Crippen LogP contribution in [0.3, 0.4) is 0 Å². The summed E-state index contributed by atoms with van der Waals surface area (Å²) in [5.74, 6) is 0.810. The molecule has 2 amide bonds. The van der Waals surface area contributed by atoms with Crippen molar-refractivity contribution in [2.24, 2.45) is 5.41 Å². The second-order valence-electron chi connectivity index (χ2n) is 8.46. The van der Waals surface area contributed by atoms with Gasteiger partial charge in [-0.15, -0.1) is 0 Å². The first-order chi connectivity index (χ1) is 14.5. The summed E-state index contributed by atoms with van der Waals surface area (Å²) in [6.07, 6.45) is 3.33. The van der Waals surface area contributed by atoms with Gasteiger partial charge in [0.15, 0.2) is 10.5 Å². The summed E-state index contributed by atoms with van der Waals surface area (Å²) < 4.78 is 0. The molecule has 4 heterocycles. The number of anilines is 1. The smallest absolute Gasteiger partial charge is 0.278 e. The Kier molecular flexibility index (Phi) is 4.54. The van der Waals surface area contributed by atoms with Crippen LogP contribution in [0.15, 0.2) is 30.3 Å². The van der Waals surface area contributed by atoms with Crippen LogP contribution in [-0.2, 0) is 16.0 Å². The molecular formula is C23H27N4O2S+. The maximum absolute atomic E-state index is 13.9. The number of H-pyrrole nitrogens is 1. The van der Waals surface area contributed by atoms with Crippen LogP contribution in [0.5, 0.6) is 0 Å². The third-order valence-electron chi connectivity index (χ3n) is 7.02. The molecule has 1 aromatic carbocycles. The van der Waals surface area contributed by atoms with E-state index in [0.29, 0.717) is 24.6 Å². The van der Waals surface area contributed by atoms with Crippen LogP contribution in [0.2, 0.25) is 0 Å². The number of thiocarbonyl (C=S) groups is 1. The summed E-state index contributed by atoms with van der Waals surface area (Å²) in [5, 5.41) is 1.44. The highest BCUT2D eigenvalue weighted by atomic mass is 32.1. The third-order valence-corrected chi connectivity index (χ3v) is 7.46. The molecule has 6 nitrogen and oxygen atoms in total. The summed E-state index contributed by atoms with van der Waals surface area (Å²) in [6.45, 7) is 5.66. The highest BCUT2D eigenvalue weighted by Crippen LogP contribution is 2.48. The Morgan fingerprint density at radius 3 is 2.50 bits per heavy atom. The second kappa shape index (κ2) is 7.01. The Bertz CT molecular complexity index is 1040. The van der Waals surface area contributed by atoms with Gasteiger partial charge >= 0.3 is 0 Å². The number of rotatable bonds is 2. The molecule has 30 heavy (non-hydrogen) atoms. The number of hydrogen-bond acceptors (Lipinski definition) is 4. The summed E-state index contributed by atoms with van der Waals surface area (Å²) >= 11 is 5.53. The van der Waals surface area contributed by atoms with Crippen molar-refractivity contribution in [1.82, 2.24) is 9.80 Å². The first-order valence-electron chi connectivity index (χ1n) is 10.9. The van der Waals surface area contributed by atoms with Crippen LogP contribution >= 0.6 is 12.2 Å². The summed E-state index contributed by atoms with van der Waals surface area (Å²) in [4.78, 5) is 37.0. The molecule has 156 valence electrons. The first kappa shape index (κ1) is 19.4. The normalized spacial score (nSPS) is 23.2. The minimum atomic E-state index is -1.11. The molecule has 2 fully saturated rings. The largest absolute Gasteiger partial charge is 0.288 e. The minimum Gasteiger partial charge on any atom is -0.288 e. The Morgan fingerprint density at radius 2 is 1.80 bits per heavy atom. The summed E-state index contributed by atoms with van der Waals surface area (Å²) in [5.41, 5.74) is 0.996. The van der Waals surface area contributed by atoms with Crippen molar-refractivity contribution in [2.75, 3.05) is 24.5 Å². The number of fused-ring (bicyclic) bond motifs is 5. The fourth-order valence-electron chi connectivity index (χ4n) is 5.61. The van der Waals surface area contributed by atoms with Gasteiger partial charge in [0.1, 0.15) is 11.6 Å². The molecule has 3 aliphatic heterocycles. The van der Waals surface area contributed by atoms with Crippen molar-refractivity contribution in [1.29, 1.82) is 0 Å².